The Bertz CT molecular complexity index is 639. The molecular formula is C16H15ClF3NO. The Hall–Kier alpha value is -1.75. The molecular weight excluding hydrogens is 315 g/mol. The first-order valence-electron chi connectivity index (χ1n) is 6.71. The van der Waals surface area contributed by atoms with Crippen LogP contribution < -0.4 is 4.74 Å². The number of alkyl halides is 4. The van der Waals surface area contributed by atoms with Crippen LogP contribution in [0.15, 0.2) is 36.4 Å². The standard InChI is InChI=1S/C16H15ClF3NO/c1-10(2)22-13-7-8-14(16(18,19)20)21-15(13)12-5-3-11(9-17)4-6-12/h3-8,10H,9H2,1-2H3. The second-order valence-electron chi connectivity index (χ2n) is 5.04. The van der Waals surface area contributed by atoms with E-state index in [1.165, 1.54) is 6.07 Å². The van der Waals surface area contributed by atoms with Crippen molar-refractivity contribution in [3.05, 3.63) is 47.7 Å². The van der Waals surface area contributed by atoms with Gasteiger partial charge in [0.25, 0.3) is 0 Å². The van der Waals surface area contributed by atoms with E-state index in [0.29, 0.717) is 17.2 Å². The molecule has 22 heavy (non-hydrogen) atoms. The van der Waals surface area contributed by atoms with E-state index in [1.54, 1.807) is 38.1 Å². The molecule has 118 valence electrons. The zero-order valence-corrected chi connectivity index (χ0v) is 12.9. The van der Waals surface area contributed by atoms with Gasteiger partial charge in [0.15, 0.2) is 0 Å². The minimum Gasteiger partial charge on any atom is -0.489 e. The van der Waals surface area contributed by atoms with E-state index >= 15 is 0 Å². The van der Waals surface area contributed by atoms with Gasteiger partial charge in [0.1, 0.15) is 17.1 Å². The van der Waals surface area contributed by atoms with Crippen LogP contribution in [0.25, 0.3) is 11.3 Å². The van der Waals surface area contributed by atoms with Crippen LogP contribution in [0, 0.1) is 0 Å². The zero-order chi connectivity index (χ0) is 16.3. The second-order valence-corrected chi connectivity index (χ2v) is 5.31. The van der Waals surface area contributed by atoms with Gasteiger partial charge in [-0.2, -0.15) is 13.2 Å². The van der Waals surface area contributed by atoms with Crippen LogP contribution in [0.5, 0.6) is 5.75 Å². The minimum absolute atomic E-state index is 0.167. The first-order valence-corrected chi connectivity index (χ1v) is 7.25. The van der Waals surface area contributed by atoms with Gasteiger partial charge in [-0.3, -0.25) is 0 Å². The first kappa shape index (κ1) is 16.6. The van der Waals surface area contributed by atoms with Crippen LogP contribution in [0.1, 0.15) is 25.1 Å². The number of ether oxygens (including phenoxy) is 1. The third-order valence-electron chi connectivity index (χ3n) is 2.89. The normalized spacial score (nSPS) is 11.8. The highest BCUT2D eigenvalue weighted by Crippen LogP contribution is 2.34. The smallest absolute Gasteiger partial charge is 0.433 e. The molecule has 0 unspecified atom stereocenters. The van der Waals surface area contributed by atoms with Crippen molar-refractivity contribution in [1.29, 1.82) is 0 Å². The van der Waals surface area contributed by atoms with Crippen molar-refractivity contribution in [3.8, 4) is 17.0 Å². The minimum atomic E-state index is -4.50. The lowest BCUT2D eigenvalue weighted by Gasteiger charge is -2.16. The maximum Gasteiger partial charge on any atom is 0.433 e. The Morgan fingerprint density at radius 3 is 2.23 bits per heavy atom. The van der Waals surface area contributed by atoms with Gasteiger partial charge in [-0.05, 0) is 31.5 Å². The lowest BCUT2D eigenvalue weighted by molar-refractivity contribution is -0.141. The molecule has 0 saturated heterocycles. The summed E-state index contributed by atoms with van der Waals surface area (Å²) in [5.41, 5.74) is 0.656. The molecule has 6 heteroatoms. The van der Waals surface area contributed by atoms with E-state index < -0.39 is 11.9 Å². The fraction of sp³-hybridized carbons (Fsp3) is 0.312. The van der Waals surface area contributed by atoms with E-state index in [4.69, 9.17) is 16.3 Å². The number of benzene rings is 1. The van der Waals surface area contributed by atoms with Gasteiger partial charge in [0.05, 0.1) is 6.10 Å². The largest absolute Gasteiger partial charge is 0.489 e. The van der Waals surface area contributed by atoms with Crippen molar-refractivity contribution in [2.45, 2.75) is 32.0 Å². The van der Waals surface area contributed by atoms with Crippen molar-refractivity contribution in [1.82, 2.24) is 4.98 Å². The van der Waals surface area contributed by atoms with E-state index in [-0.39, 0.29) is 11.8 Å². The summed E-state index contributed by atoms with van der Waals surface area (Å²) in [5.74, 6) is 0.660. The molecule has 0 saturated carbocycles. The molecule has 0 aliphatic carbocycles. The lowest BCUT2D eigenvalue weighted by atomic mass is 10.1. The molecule has 0 bridgehead atoms. The molecule has 0 amide bonds. The number of hydrogen-bond acceptors (Lipinski definition) is 2. The Balaban J connectivity index is 2.52. The molecule has 0 fully saturated rings. The third-order valence-corrected chi connectivity index (χ3v) is 3.20. The highest BCUT2D eigenvalue weighted by atomic mass is 35.5. The summed E-state index contributed by atoms with van der Waals surface area (Å²) in [6.07, 6.45) is -4.67. The van der Waals surface area contributed by atoms with Gasteiger partial charge in [-0.15, -0.1) is 11.6 Å². The van der Waals surface area contributed by atoms with Gasteiger partial charge >= 0.3 is 6.18 Å². The summed E-state index contributed by atoms with van der Waals surface area (Å²) in [5, 5.41) is 0. The first-order chi connectivity index (χ1) is 10.3. The summed E-state index contributed by atoms with van der Waals surface area (Å²) in [6.45, 7) is 3.61. The Morgan fingerprint density at radius 1 is 1.09 bits per heavy atom. The van der Waals surface area contributed by atoms with Gasteiger partial charge in [0, 0.05) is 11.4 Å². The van der Waals surface area contributed by atoms with Crippen LogP contribution >= 0.6 is 11.6 Å². The number of aromatic nitrogens is 1. The Labute approximate surface area is 131 Å². The van der Waals surface area contributed by atoms with Crippen molar-refractivity contribution >= 4 is 11.6 Å². The van der Waals surface area contributed by atoms with Crippen LogP contribution in [-0.4, -0.2) is 11.1 Å². The zero-order valence-electron chi connectivity index (χ0n) is 12.1. The number of halogens is 4. The van der Waals surface area contributed by atoms with E-state index in [0.717, 1.165) is 11.6 Å². The van der Waals surface area contributed by atoms with Crippen molar-refractivity contribution < 1.29 is 17.9 Å². The molecule has 0 spiro atoms. The van der Waals surface area contributed by atoms with Crippen molar-refractivity contribution in [3.63, 3.8) is 0 Å². The van der Waals surface area contributed by atoms with Gasteiger partial charge < -0.3 is 4.74 Å². The van der Waals surface area contributed by atoms with Crippen molar-refractivity contribution in [2.24, 2.45) is 0 Å². The van der Waals surface area contributed by atoms with Gasteiger partial charge in [-0.1, -0.05) is 24.3 Å². The molecule has 0 radical (unpaired) electrons. The highest BCUT2D eigenvalue weighted by molar-refractivity contribution is 6.17. The summed E-state index contributed by atoms with van der Waals surface area (Å²) in [6, 6.07) is 9.11. The molecule has 1 heterocycles. The van der Waals surface area contributed by atoms with Gasteiger partial charge in [0.2, 0.25) is 0 Å². The quantitative estimate of drug-likeness (QED) is 0.711. The fourth-order valence-electron chi connectivity index (χ4n) is 1.91. The predicted molar refractivity (Wildman–Crippen MR) is 80.0 cm³/mol. The molecule has 0 aliphatic rings. The van der Waals surface area contributed by atoms with Crippen LogP contribution in [-0.2, 0) is 12.1 Å². The molecule has 2 rings (SSSR count). The lowest BCUT2D eigenvalue weighted by Crippen LogP contribution is -2.11. The Kier molecular flexibility index (Phi) is 4.96. The monoisotopic (exact) mass is 329 g/mol. The van der Waals surface area contributed by atoms with Crippen LogP contribution in [0.4, 0.5) is 13.2 Å². The highest BCUT2D eigenvalue weighted by Gasteiger charge is 2.33. The number of hydrogen-bond donors (Lipinski definition) is 0. The van der Waals surface area contributed by atoms with Gasteiger partial charge in [-0.25, -0.2) is 4.98 Å². The third kappa shape index (κ3) is 3.91. The van der Waals surface area contributed by atoms with Crippen LogP contribution in [0.3, 0.4) is 0 Å². The maximum absolute atomic E-state index is 12.9. The molecule has 0 aliphatic heterocycles. The average molecular weight is 330 g/mol. The summed E-state index contributed by atoms with van der Waals surface area (Å²) in [4.78, 5) is 3.74. The summed E-state index contributed by atoms with van der Waals surface area (Å²) < 4.78 is 44.2. The fourth-order valence-corrected chi connectivity index (χ4v) is 2.09. The van der Waals surface area contributed by atoms with Crippen molar-refractivity contribution in [2.75, 3.05) is 0 Å². The SMILES string of the molecule is CC(C)Oc1ccc(C(F)(F)F)nc1-c1ccc(CCl)cc1. The molecule has 2 aromatic rings. The summed E-state index contributed by atoms with van der Waals surface area (Å²) in [7, 11) is 0. The maximum atomic E-state index is 12.9. The Morgan fingerprint density at radius 2 is 1.73 bits per heavy atom. The van der Waals surface area contributed by atoms with Crippen LogP contribution in [0.2, 0.25) is 0 Å². The topological polar surface area (TPSA) is 22.1 Å². The number of pyridine rings is 1. The van der Waals surface area contributed by atoms with E-state index in [9.17, 15) is 13.2 Å². The molecule has 1 aromatic heterocycles. The number of nitrogens with zero attached hydrogens (tertiary/aromatic N) is 1. The van der Waals surface area contributed by atoms with E-state index in [1.807, 2.05) is 0 Å². The summed E-state index contributed by atoms with van der Waals surface area (Å²) >= 11 is 5.72. The predicted octanol–water partition coefficient (Wildman–Crippen LogP) is 5.29. The molecule has 0 N–H and O–H groups in total. The average Bonchev–Trinajstić information content (AvgIpc) is 2.46. The second kappa shape index (κ2) is 6.57. The molecule has 2 nitrogen and oxygen atoms in total. The molecule has 1 aromatic carbocycles. The van der Waals surface area contributed by atoms with E-state index in [2.05, 4.69) is 4.98 Å². The number of rotatable bonds is 4. The molecule has 0 atom stereocenters.